The van der Waals surface area contributed by atoms with Crippen molar-refractivity contribution < 1.29 is 9.84 Å². The van der Waals surface area contributed by atoms with Gasteiger partial charge in [-0.05, 0) is 24.1 Å². The molecule has 1 rings (SSSR count). The topological polar surface area (TPSA) is 29.5 Å². The maximum absolute atomic E-state index is 10.0. The Kier molecular flexibility index (Phi) is 6.38. The van der Waals surface area contributed by atoms with E-state index in [0.717, 1.165) is 18.4 Å². The highest BCUT2D eigenvalue weighted by atomic mass is 35.5. The van der Waals surface area contributed by atoms with Crippen LogP contribution >= 0.6 is 11.6 Å². The lowest BCUT2D eigenvalue weighted by Crippen LogP contribution is -1.98. The summed E-state index contributed by atoms with van der Waals surface area (Å²) in [5.41, 5.74) is 0.878. The molecule has 0 radical (unpaired) electrons. The lowest BCUT2D eigenvalue weighted by molar-refractivity contribution is 0.163. The van der Waals surface area contributed by atoms with Crippen molar-refractivity contribution in [2.75, 3.05) is 7.11 Å². The van der Waals surface area contributed by atoms with Gasteiger partial charge in [-0.3, -0.25) is 0 Å². The van der Waals surface area contributed by atoms with Crippen molar-refractivity contribution in [3.05, 3.63) is 28.8 Å². The molecular formula is C14H21ClO2. The van der Waals surface area contributed by atoms with Crippen LogP contribution < -0.4 is 4.74 Å². The van der Waals surface area contributed by atoms with Crippen molar-refractivity contribution in [1.29, 1.82) is 0 Å². The highest BCUT2D eigenvalue weighted by Gasteiger charge is 2.10. The van der Waals surface area contributed by atoms with Gasteiger partial charge in [0.2, 0.25) is 0 Å². The molecule has 0 heterocycles. The Balaban J connectivity index is 2.53. The molecule has 2 nitrogen and oxygen atoms in total. The van der Waals surface area contributed by atoms with E-state index in [0.29, 0.717) is 10.8 Å². The Labute approximate surface area is 109 Å². The lowest BCUT2D eigenvalue weighted by atomic mass is 10.0. The van der Waals surface area contributed by atoms with Crippen LogP contribution in [0.2, 0.25) is 5.02 Å². The molecule has 0 saturated carbocycles. The van der Waals surface area contributed by atoms with Gasteiger partial charge >= 0.3 is 0 Å². The second kappa shape index (κ2) is 7.57. The molecule has 1 atom stereocenters. The van der Waals surface area contributed by atoms with Gasteiger partial charge in [-0.1, -0.05) is 50.3 Å². The van der Waals surface area contributed by atoms with Crippen LogP contribution in [0.5, 0.6) is 5.75 Å². The van der Waals surface area contributed by atoms with E-state index in [9.17, 15) is 5.11 Å². The Bertz CT molecular complexity index is 339. The van der Waals surface area contributed by atoms with Gasteiger partial charge in [0.25, 0.3) is 0 Å². The van der Waals surface area contributed by atoms with Gasteiger partial charge in [0.15, 0.2) is 0 Å². The molecule has 17 heavy (non-hydrogen) atoms. The van der Waals surface area contributed by atoms with Crippen LogP contribution in [-0.2, 0) is 0 Å². The van der Waals surface area contributed by atoms with Gasteiger partial charge in [0.05, 0.1) is 18.2 Å². The number of benzene rings is 1. The number of hydrogen-bond acceptors (Lipinski definition) is 2. The fourth-order valence-electron chi connectivity index (χ4n) is 1.81. The zero-order valence-electron chi connectivity index (χ0n) is 10.6. The largest absolute Gasteiger partial charge is 0.495 e. The zero-order valence-corrected chi connectivity index (χ0v) is 11.3. The summed E-state index contributed by atoms with van der Waals surface area (Å²) in [6, 6.07) is 5.44. The molecule has 0 bridgehead atoms. The highest BCUT2D eigenvalue weighted by molar-refractivity contribution is 6.32. The molecule has 1 unspecified atom stereocenters. The van der Waals surface area contributed by atoms with Gasteiger partial charge < -0.3 is 9.84 Å². The van der Waals surface area contributed by atoms with E-state index in [4.69, 9.17) is 16.3 Å². The summed E-state index contributed by atoms with van der Waals surface area (Å²) in [6.45, 7) is 2.18. The Morgan fingerprint density at radius 1 is 1.29 bits per heavy atom. The minimum absolute atomic E-state index is 0.418. The predicted molar refractivity (Wildman–Crippen MR) is 71.7 cm³/mol. The number of aliphatic hydroxyl groups is 1. The molecular weight excluding hydrogens is 236 g/mol. The van der Waals surface area contributed by atoms with E-state index in [1.54, 1.807) is 13.2 Å². The minimum atomic E-state index is -0.418. The third-order valence-electron chi connectivity index (χ3n) is 2.89. The number of ether oxygens (including phenoxy) is 1. The lowest BCUT2D eigenvalue weighted by Gasteiger charge is -2.12. The fourth-order valence-corrected chi connectivity index (χ4v) is 2.01. The fraction of sp³-hybridized carbons (Fsp3) is 0.571. The summed E-state index contributed by atoms with van der Waals surface area (Å²) in [5, 5.41) is 10.6. The van der Waals surface area contributed by atoms with E-state index in [1.807, 2.05) is 12.1 Å². The van der Waals surface area contributed by atoms with Crippen LogP contribution in [0.3, 0.4) is 0 Å². The summed E-state index contributed by atoms with van der Waals surface area (Å²) in [5.74, 6) is 0.622. The average molecular weight is 257 g/mol. The summed E-state index contributed by atoms with van der Waals surface area (Å²) in [7, 11) is 1.58. The molecule has 3 heteroatoms. The first kappa shape index (κ1) is 14.3. The van der Waals surface area contributed by atoms with Crippen molar-refractivity contribution in [3.8, 4) is 5.75 Å². The van der Waals surface area contributed by atoms with Crippen LogP contribution in [0.15, 0.2) is 18.2 Å². The minimum Gasteiger partial charge on any atom is -0.495 e. The third kappa shape index (κ3) is 4.57. The van der Waals surface area contributed by atoms with E-state index >= 15 is 0 Å². The van der Waals surface area contributed by atoms with Crippen molar-refractivity contribution in [2.45, 2.75) is 45.1 Å². The standard InChI is InChI=1S/C14H21ClO2/c1-3-4-5-6-7-13(16)11-8-9-12(15)14(10-11)17-2/h8-10,13,16H,3-7H2,1-2H3. The summed E-state index contributed by atoms with van der Waals surface area (Å²) >= 11 is 5.94. The molecule has 0 spiro atoms. The molecule has 1 aromatic carbocycles. The Morgan fingerprint density at radius 3 is 2.71 bits per heavy atom. The average Bonchev–Trinajstić information content (AvgIpc) is 2.35. The molecule has 0 saturated heterocycles. The van der Waals surface area contributed by atoms with Crippen molar-refractivity contribution in [1.82, 2.24) is 0 Å². The first-order valence-corrected chi connectivity index (χ1v) is 6.58. The van der Waals surface area contributed by atoms with E-state index in [1.165, 1.54) is 19.3 Å². The van der Waals surface area contributed by atoms with Crippen LogP contribution in [0.4, 0.5) is 0 Å². The number of halogens is 1. The van der Waals surface area contributed by atoms with Gasteiger partial charge in [-0.25, -0.2) is 0 Å². The first-order chi connectivity index (χ1) is 8.19. The molecule has 0 aliphatic rings. The van der Waals surface area contributed by atoms with Gasteiger partial charge in [0.1, 0.15) is 5.75 Å². The first-order valence-electron chi connectivity index (χ1n) is 6.20. The smallest absolute Gasteiger partial charge is 0.137 e. The number of unbranched alkanes of at least 4 members (excludes halogenated alkanes) is 3. The van der Waals surface area contributed by atoms with Crippen molar-refractivity contribution in [3.63, 3.8) is 0 Å². The van der Waals surface area contributed by atoms with Crippen molar-refractivity contribution in [2.24, 2.45) is 0 Å². The predicted octanol–water partition coefficient (Wildman–Crippen LogP) is 4.35. The van der Waals surface area contributed by atoms with Crippen molar-refractivity contribution >= 4 is 11.6 Å². The molecule has 0 fully saturated rings. The molecule has 0 aromatic heterocycles. The highest BCUT2D eigenvalue weighted by Crippen LogP contribution is 2.29. The molecule has 1 aromatic rings. The number of hydrogen-bond donors (Lipinski definition) is 1. The summed E-state index contributed by atoms with van der Waals surface area (Å²) in [4.78, 5) is 0. The molecule has 1 N–H and O–H groups in total. The van der Waals surface area contributed by atoms with Gasteiger partial charge in [-0.15, -0.1) is 0 Å². The van der Waals surface area contributed by atoms with E-state index < -0.39 is 6.10 Å². The normalized spacial score (nSPS) is 12.5. The molecule has 0 amide bonds. The second-order valence-corrected chi connectivity index (χ2v) is 4.67. The maximum Gasteiger partial charge on any atom is 0.137 e. The Hall–Kier alpha value is -0.730. The molecule has 0 aliphatic heterocycles. The van der Waals surface area contributed by atoms with Crippen LogP contribution in [0.1, 0.15) is 50.7 Å². The van der Waals surface area contributed by atoms with Gasteiger partial charge in [-0.2, -0.15) is 0 Å². The maximum atomic E-state index is 10.0. The number of aliphatic hydroxyl groups excluding tert-OH is 1. The zero-order chi connectivity index (χ0) is 12.7. The number of methoxy groups -OCH3 is 1. The monoisotopic (exact) mass is 256 g/mol. The summed E-state index contributed by atoms with van der Waals surface area (Å²) < 4.78 is 5.14. The third-order valence-corrected chi connectivity index (χ3v) is 3.20. The second-order valence-electron chi connectivity index (χ2n) is 4.26. The Morgan fingerprint density at radius 2 is 2.06 bits per heavy atom. The van der Waals surface area contributed by atoms with Crippen LogP contribution in [-0.4, -0.2) is 12.2 Å². The molecule has 96 valence electrons. The van der Waals surface area contributed by atoms with E-state index in [2.05, 4.69) is 6.92 Å². The van der Waals surface area contributed by atoms with Crippen LogP contribution in [0.25, 0.3) is 0 Å². The van der Waals surface area contributed by atoms with Gasteiger partial charge in [0, 0.05) is 0 Å². The summed E-state index contributed by atoms with van der Waals surface area (Å²) in [6.07, 6.45) is 5.06. The number of rotatable bonds is 7. The molecule has 0 aliphatic carbocycles. The van der Waals surface area contributed by atoms with E-state index in [-0.39, 0.29) is 0 Å². The van der Waals surface area contributed by atoms with Crippen LogP contribution in [0, 0.1) is 0 Å². The SMILES string of the molecule is CCCCCCC(O)c1ccc(Cl)c(OC)c1. The quantitative estimate of drug-likeness (QED) is 0.735.